The van der Waals surface area contributed by atoms with E-state index in [2.05, 4.69) is 4.72 Å². The number of thiophene rings is 1. The van der Waals surface area contributed by atoms with Crippen molar-refractivity contribution in [3.8, 4) is 6.07 Å². The molecule has 3 aromatic rings. The Morgan fingerprint density at radius 3 is 2.38 bits per heavy atom. The lowest BCUT2D eigenvalue weighted by Crippen LogP contribution is -2.35. The smallest absolute Gasteiger partial charge is 0.338 e. The minimum Gasteiger partial charge on any atom is -0.452 e. The molecule has 0 bridgehead atoms. The molecule has 8 nitrogen and oxygen atoms in total. The fraction of sp³-hybridized carbons (Fsp3) is 0.136. The van der Waals surface area contributed by atoms with Crippen LogP contribution in [0.15, 0.2) is 76.3 Å². The number of nitriles is 1. The molecule has 1 amide bonds. The van der Waals surface area contributed by atoms with Crippen LogP contribution >= 0.6 is 11.3 Å². The molecule has 10 heteroatoms. The van der Waals surface area contributed by atoms with Gasteiger partial charge in [-0.15, -0.1) is 11.3 Å². The van der Waals surface area contributed by atoms with Crippen molar-refractivity contribution in [2.75, 3.05) is 22.8 Å². The van der Waals surface area contributed by atoms with Gasteiger partial charge in [-0.05, 0) is 47.8 Å². The van der Waals surface area contributed by atoms with Crippen molar-refractivity contribution in [2.24, 2.45) is 0 Å². The van der Waals surface area contributed by atoms with E-state index in [4.69, 9.17) is 10.00 Å². The number of ether oxygens (including phenoxy) is 1. The summed E-state index contributed by atoms with van der Waals surface area (Å²) in [5.74, 6) is -1.18. The number of amides is 1. The Balaban J connectivity index is 1.60. The molecule has 1 aromatic heterocycles. The minimum atomic E-state index is -3.69. The number of rotatable bonds is 9. The number of benzene rings is 2. The zero-order chi connectivity index (χ0) is 23.0. The molecule has 1 heterocycles. The van der Waals surface area contributed by atoms with Crippen LogP contribution in [0.1, 0.15) is 16.8 Å². The standard InChI is InChI=1S/C22H19N3O5S2/c23-13-5-14-25(19-6-2-1-3-7-19)20(26)16-30-22(27)17-9-11-18(12-10-17)24-32(28,29)21-8-4-15-31-21/h1-4,6-12,15,24H,5,14,16H2. The van der Waals surface area contributed by atoms with Crippen LogP contribution in [0.25, 0.3) is 0 Å². The number of hydrogen-bond acceptors (Lipinski definition) is 7. The number of hydrogen-bond donors (Lipinski definition) is 1. The summed E-state index contributed by atoms with van der Waals surface area (Å²) in [6.45, 7) is -0.318. The number of para-hydroxylation sites is 1. The Bertz CT molecular complexity index is 1200. The summed E-state index contributed by atoms with van der Waals surface area (Å²) < 4.78 is 32.3. The average molecular weight is 470 g/mol. The molecule has 0 saturated heterocycles. The lowest BCUT2D eigenvalue weighted by atomic mass is 10.2. The maximum absolute atomic E-state index is 12.6. The van der Waals surface area contributed by atoms with E-state index >= 15 is 0 Å². The largest absolute Gasteiger partial charge is 0.452 e. The van der Waals surface area contributed by atoms with E-state index in [1.165, 1.54) is 35.2 Å². The van der Waals surface area contributed by atoms with E-state index in [0.29, 0.717) is 5.69 Å². The molecule has 0 aliphatic rings. The van der Waals surface area contributed by atoms with Crippen molar-refractivity contribution < 1.29 is 22.7 Å². The predicted octanol–water partition coefficient (Wildman–Crippen LogP) is 3.65. The van der Waals surface area contributed by atoms with Crippen LogP contribution in [-0.2, 0) is 19.6 Å². The summed E-state index contributed by atoms with van der Waals surface area (Å²) in [7, 11) is -3.69. The Labute approximate surface area is 189 Å². The highest BCUT2D eigenvalue weighted by molar-refractivity contribution is 7.94. The maximum Gasteiger partial charge on any atom is 0.338 e. The molecule has 0 aliphatic heterocycles. The first kappa shape index (κ1) is 23.0. The number of nitrogens with one attached hydrogen (secondary N) is 1. The quantitative estimate of drug-likeness (QED) is 0.478. The second kappa shape index (κ2) is 10.6. The van der Waals surface area contributed by atoms with Gasteiger partial charge in [0.2, 0.25) is 0 Å². The zero-order valence-corrected chi connectivity index (χ0v) is 18.4. The molecular formula is C22H19N3O5S2. The Morgan fingerprint density at radius 2 is 1.75 bits per heavy atom. The van der Waals surface area contributed by atoms with E-state index in [1.807, 2.05) is 6.07 Å². The van der Waals surface area contributed by atoms with E-state index in [-0.39, 0.29) is 28.4 Å². The van der Waals surface area contributed by atoms with E-state index < -0.39 is 28.5 Å². The summed E-state index contributed by atoms with van der Waals surface area (Å²) >= 11 is 1.09. The van der Waals surface area contributed by atoms with Gasteiger partial charge in [-0.1, -0.05) is 24.3 Å². The first-order chi connectivity index (χ1) is 15.4. The van der Waals surface area contributed by atoms with Crippen molar-refractivity contribution in [3.63, 3.8) is 0 Å². The van der Waals surface area contributed by atoms with Crippen molar-refractivity contribution in [1.29, 1.82) is 5.26 Å². The molecule has 0 fully saturated rings. The van der Waals surface area contributed by atoms with E-state index in [9.17, 15) is 18.0 Å². The number of anilines is 2. The number of sulfonamides is 1. The van der Waals surface area contributed by atoms with Crippen LogP contribution in [0.5, 0.6) is 0 Å². The third-order valence-corrected chi connectivity index (χ3v) is 7.05. The SMILES string of the molecule is N#CCCN(C(=O)COC(=O)c1ccc(NS(=O)(=O)c2cccs2)cc1)c1ccccc1. The summed E-state index contributed by atoms with van der Waals surface area (Å²) in [6.07, 6.45) is 0.136. The Morgan fingerprint density at radius 1 is 1.03 bits per heavy atom. The Hall–Kier alpha value is -3.68. The van der Waals surface area contributed by atoms with Crippen LogP contribution in [0.4, 0.5) is 11.4 Å². The van der Waals surface area contributed by atoms with E-state index in [0.717, 1.165) is 11.3 Å². The summed E-state index contributed by atoms with van der Waals surface area (Å²) in [4.78, 5) is 26.3. The molecule has 0 atom stereocenters. The first-order valence-corrected chi connectivity index (χ1v) is 11.8. The van der Waals surface area contributed by atoms with Crippen LogP contribution in [0.2, 0.25) is 0 Å². The van der Waals surface area contributed by atoms with Gasteiger partial charge in [0.25, 0.3) is 15.9 Å². The van der Waals surface area contributed by atoms with Crippen molar-refractivity contribution in [2.45, 2.75) is 10.6 Å². The topological polar surface area (TPSA) is 117 Å². The number of carbonyl (C=O) groups is 2. The molecule has 0 aliphatic carbocycles. The van der Waals surface area contributed by atoms with Gasteiger partial charge in [-0.2, -0.15) is 5.26 Å². The minimum absolute atomic E-state index is 0.136. The Kier molecular flexibility index (Phi) is 7.59. The van der Waals surface area contributed by atoms with Crippen molar-refractivity contribution in [3.05, 3.63) is 77.7 Å². The number of esters is 1. The molecule has 1 N–H and O–H groups in total. The van der Waals surface area contributed by atoms with Crippen molar-refractivity contribution >= 4 is 44.6 Å². The van der Waals surface area contributed by atoms with Gasteiger partial charge < -0.3 is 9.64 Å². The van der Waals surface area contributed by atoms with Crippen LogP contribution in [0, 0.1) is 11.3 Å². The molecule has 3 rings (SSSR count). The highest BCUT2D eigenvalue weighted by atomic mass is 32.2. The normalized spacial score (nSPS) is 10.7. The van der Waals surface area contributed by atoms with Gasteiger partial charge in [0.15, 0.2) is 6.61 Å². The second-order valence-corrected chi connectivity index (χ2v) is 9.34. The fourth-order valence-electron chi connectivity index (χ4n) is 2.75. The summed E-state index contributed by atoms with van der Waals surface area (Å²) in [5, 5.41) is 10.5. The van der Waals surface area contributed by atoms with Crippen LogP contribution < -0.4 is 9.62 Å². The van der Waals surface area contributed by atoms with Gasteiger partial charge in [0, 0.05) is 17.9 Å². The summed E-state index contributed by atoms with van der Waals surface area (Å²) in [6, 6.07) is 19.6. The zero-order valence-electron chi connectivity index (χ0n) is 16.8. The molecule has 2 aromatic carbocycles. The third-order valence-electron chi connectivity index (χ3n) is 4.28. The summed E-state index contributed by atoms with van der Waals surface area (Å²) in [5.41, 5.74) is 1.06. The van der Waals surface area contributed by atoms with Gasteiger partial charge in [-0.25, -0.2) is 13.2 Å². The molecule has 0 unspecified atom stereocenters. The van der Waals surface area contributed by atoms with E-state index in [1.54, 1.807) is 41.8 Å². The third kappa shape index (κ3) is 5.94. The van der Waals surface area contributed by atoms with Gasteiger partial charge in [0.1, 0.15) is 4.21 Å². The number of carbonyl (C=O) groups excluding carboxylic acids is 2. The fourth-order valence-corrected chi connectivity index (χ4v) is 4.80. The lowest BCUT2D eigenvalue weighted by Gasteiger charge is -2.21. The van der Waals surface area contributed by atoms with Crippen molar-refractivity contribution in [1.82, 2.24) is 0 Å². The molecule has 0 radical (unpaired) electrons. The van der Waals surface area contributed by atoms with Gasteiger partial charge in [0.05, 0.1) is 18.1 Å². The second-order valence-electron chi connectivity index (χ2n) is 6.48. The molecule has 0 spiro atoms. The highest BCUT2D eigenvalue weighted by Crippen LogP contribution is 2.21. The lowest BCUT2D eigenvalue weighted by molar-refractivity contribution is -0.121. The van der Waals surface area contributed by atoms with Crippen LogP contribution in [0.3, 0.4) is 0 Å². The van der Waals surface area contributed by atoms with Crippen LogP contribution in [-0.4, -0.2) is 33.4 Å². The number of nitrogens with zero attached hydrogens (tertiary/aromatic N) is 2. The average Bonchev–Trinajstić information content (AvgIpc) is 3.35. The van der Waals surface area contributed by atoms with Gasteiger partial charge in [-0.3, -0.25) is 9.52 Å². The predicted molar refractivity (Wildman–Crippen MR) is 121 cm³/mol. The van der Waals surface area contributed by atoms with Gasteiger partial charge >= 0.3 is 5.97 Å². The highest BCUT2D eigenvalue weighted by Gasteiger charge is 2.19. The first-order valence-electron chi connectivity index (χ1n) is 9.46. The molecule has 164 valence electrons. The maximum atomic E-state index is 12.6. The molecule has 0 saturated carbocycles. The molecular weight excluding hydrogens is 450 g/mol. The monoisotopic (exact) mass is 469 g/mol. The molecule has 32 heavy (non-hydrogen) atoms.